The summed E-state index contributed by atoms with van der Waals surface area (Å²) in [5.41, 5.74) is 0. The monoisotopic (exact) mass is 134 g/mol. The maximum atomic E-state index is 11.3. The van der Waals surface area contributed by atoms with E-state index in [0.717, 1.165) is 0 Å². The van der Waals surface area contributed by atoms with E-state index in [0.29, 0.717) is 0 Å². The molecule has 0 spiro atoms. The average Bonchev–Trinajstić information content (AvgIpc) is 2.15. The highest BCUT2D eigenvalue weighted by molar-refractivity contribution is 5.03. The Kier molecular flexibility index (Phi) is 1.62. The van der Waals surface area contributed by atoms with Crippen molar-refractivity contribution in [2.24, 2.45) is 0 Å². The van der Waals surface area contributed by atoms with Gasteiger partial charge in [0.1, 0.15) is 0 Å². The molecule has 0 aliphatic carbocycles. The van der Waals surface area contributed by atoms with Crippen molar-refractivity contribution in [1.29, 1.82) is 0 Å². The third-order valence-corrected chi connectivity index (χ3v) is 0.685. The Hall–Kier alpha value is -1.13. The Balaban J connectivity index is 2.48. The van der Waals surface area contributed by atoms with Crippen LogP contribution in [0.2, 0.25) is 0 Å². The van der Waals surface area contributed by atoms with E-state index < -0.39 is 6.61 Å². The maximum absolute atomic E-state index is 11.3. The fourth-order valence-corrected chi connectivity index (χ4v) is 0.404. The summed E-state index contributed by atoms with van der Waals surface area (Å²) in [4.78, 5) is 0. The Labute approximate surface area is 49.6 Å². The lowest BCUT2D eigenvalue weighted by atomic mass is 10.7. The molecule has 0 saturated carbocycles. The summed E-state index contributed by atoms with van der Waals surface area (Å²) >= 11 is 0. The van der Waals surface area contributed by atoms with Gasteiger partial charge in [-0.15, -0.1) is 5.10 Å². The third kappa shape index (κ3) is 1.67. The van der Waals surface area contributed by atoms with Gasteiger partial charge in [-0.05, 0) is 0 Å². The van der Waals surface area contributed by atoms with Gasteiger partial charge in [0.15, 0.2) is 0 Å². The number of aromatic amines is 1. The van der Waals surface area contributed by atoms with Crippen LogP contribution in [0.4, 0.5) is 8.78 Å². The van der Waals surface area contributed by atoms with Crippen LogP contribution < -0.4 is 4.74 Å². The van der Waals surface area contributed by atoms with E-state index in [1.165, 1.54) is 12.3 Å². The second kappa shape index (κ2) is 2.43. The average molecular weight is 134 g/mol. The van der Waals surface area contributed by atoms with Crippen LogP contribution in [0, 0.1) is 0 Å². The van der Waals surface area contributed by atoms with Crippen molar-refractivity contribution < 1.29 is 13.5 Å². The zero-order valence-corrected chi connectivity index (χ0v) is 4.34. The molecule has 0 unspecified atom stereocenters. The lowest BCUT2D eigenvalue weighted by Gasteiger charge is -1.96. The molecule has 1 aromatic heterocycles. The fraction of sp³-hybridized carbons (Fsp3) is 0.250. The van der Waals surface area contributed by atoms with Crippen LogP contribution in [0.25, 0.3) is 0 Å². The number of hydrogen-bond donors (Lipinski definition) is 1. The zero-order valence-electron chi connectivity index (χ0n) is 4.34. The number of ether oxygens (including phenoxy) is 1. The van der Waals surface area contributed by atoms with Crippen LogP contribution in [0.3, 0.4) is 0 Å². The number of alkyl halides is 2. The molecule has 0 atom stereocenters. The first-order chi connectivity index (χ1) is 4.29. The van der Waals surface area contributed by atoms with Crippen LogP contribution in [0.1, 0.15) is 0 Å². The third-order valence-electron chi connectivity index (χ3n) is 0.685. The smallest absolute Gasteiger partial charge is 0.388 e. The highest BCUT2D eigenvalue weighted by Crippen LogP contribution is 2.06. The molecule has 1 N–H and O–H groups in total. The summed E-state index contributed by atoms with van der Waals surface area (Å²) in [5.74, 6) is -0.0926. The van der Waals surface area contributed by atoms with Gasteiger partial charge in [0.25, 0.3) is 0 Å². The predicted molar refractivity (Wildman–Crippen MR) is 25.2 cm³/mol. The fourth-order valence-electron chi connectivity index (χ4n) is 0.404. The van der Waals surface area contributed by atoms with Gasteiger partial charge >= 0.3 is 6.61 Å². The first-order valence-corrected chi connectivity index (χ1v) is 2.23. The van der Waals surface area contributed by atoms with Crippen molar-refractivity contribution in [3.63, 3.8) is 0 Å². The van der Waals surface area contributed by atoms with Gasteiger partial charge < -0.3 is 4.74 Å². The Bertz CT molecular complexity index is 163. The number of rotatable bonds is 2. The SMILES string of the molecule is FC(F)Oc1cc[nH]n1. The first kappa shape index (κ1) is 6.00. The number of hydrogen-bond acceptors (Lipinski definition) is 2. The molecule has 0 aromatic carbocycles. The van der Waals surface area contributed by atoms with Crippen molar-refractivity contribution in [1.82, 2.24) is 10.2 Å². The molecule has 9 heavy (non-hydrogen) atoms. The Morgan fingerprint density at radius 2 is 2.44 bits per heavy atom. The largest absolute Gasteiger partial charge is 0.415 e. The molecule has 50 valence electrons. The summed E-state index contributed by atoms with van der Waals surface area (Å²) in [6.07, 6.45) is 1.40. The molecular weight excluding hydrogens is 130 g/mol. The van der Waals surface area contributed by atoms with Crippen LogP contribution in [0.15, 0.2) is 12.3 Å². The number of nitrogens with zero attached hydrogens (tertiary/aromatic N) is 1. The predicted octanol–water partition coefficient (Wildman–Crippen LogP) is 1.01. The van der Waals surface area contributed by atoms with Gasteiger partial charge in [0.05, 0.1) is 0 Å². The summed E-state index contributed by atoms with van der Waals surface area (Å²) in [7, 11) is 0. The van der Waals surface area contributed by atoms with Crippen molar-refractivity contribution in [3.8, 4) is 5.88 Å². The molecule has 0 aliphatic heterocycles. The highest BCUT2D eigenvalue weighted by atomic mass is 19.3. The molecule has 0 bridgehead atoms. The number of H-pyrrole nitrogens is 1. The van der Waals surface area contributed by atoms with Crippen molar-refractivity contribution in [3.05, 3.63) is 12.3 Å². The molecule has 0 radical (unpaired) electrons. The quantitative estimate of drug-likeness (QED) is 0.655. The lowest BCUT2D eigenvalue weighted by Crippen LogP contribution is -2.01. The van der Waals surface area contributed by atoms with E-state index in [-0.39, 0.29) is 5.88 Å². The Morgan fingerprint density at radius 3 is 2.89 bits per heavy atom. The topological polar surface area (TPSA) is 37.9 Å². The second-order valence-corrected chi connectivity index (χ2v) is 1.29. The standard InChI is InChI=1S/C4H4F2N2O/c5-4(6)9-3-1-2-7-8-3/h1-2,4H,(H,7,8). The molecule has 0 aliphatic rings. The zero-order chi connectivity index (χ0) is 6.69. The van der Waals surface area contributed by atoms with Crippen LogP contribution >= 0.6 is 0 Å². The van der Waals surface area contributed by atoms with Crippen LogP contribution in [0.5, 0.6) is 5.88 Å². The van der Waals surface area contributed by atoms with E-state index >= 15 is 0 Å². The Morgan fingerprint density at radius 1 is 1.67 bits per heavy atom. The van der Waals surface area contributed by atoms with Gasteiger partial charge in [-0.1, -0.05) is 0 Å². The van der Waals surface area contributed by atoms with Gasteiger partial charge in [-0.25, -0.2) is 0 Å². The van der Waals surface area contributed by atoms with E-state index in [2.05, 4.69) is 14.9 Å². The van der Waals surface area contributed by atoms with Crippen LogP contribution in [-0.4, -0.2) is 16.8 Å². The first-order valence-electron chi connectivity index (χ1n) is 2.23. The molecular formula is C4H4F2N2O. The molecule has 0 amide bonds. The van der Waals surface area contributed by atoms with Gasteiger partial charge in [0.2, 0.25) is 5.88 Å². The number of nitrogens with one attached hydrogen (secondary N) is 1. The number of halogens is 2. The summed E-state index contributed by atoms with van der Waals surface area (Å²) in [6, 6.07) is 1.31. The molecule has 0 saturated heterocycles. The minimum absolute atomic E-state index is 0.0926. The van der Waals surface area contributed by atoms with Gasteiger partial charge in [0, 0.05) is 12.3 Å². The van der Waals surface area contributed by atoms with Crippen molar-refractivity contribution in [2.75, 3.05) is 0 Å². The molecule has 5 heteroatoms. The van der Waals surface area contributed by atoms with Gasteiger partial charge in [-0.3, -0.25) is 5.10 Å². The maximum Gasteiger partial charge on any atom is 0.388 e. The lowest BCUT2D eigenvalue weighted by molar-refractivity contribution is -0.0528. The van der Waals surface area contributed by atoms with Crippen molar-refractivity contribution >= 4 is 0 Å². The molecule has 1 rings (SSSR count). The minimum Gasteiger partial charge on any atom is -0.415 e. The van der Waals surface area contributed by atoms with E-state index in [1.807, 2.05) is 0 Å². The van der Waals surface area contributed by atoms with E-state index in [9.17, 15) is 8.78 Å². The van der Waals surface area contributed by atoms with Gasteiger partial charge in [-0.2, -0.15) is 8.78 Å². The normalized spacial score (nSPS) is 10.1. The minimum atomic E-state index is -2.80. The summed E-state index contributed by atoms with van der Waals surface area (Å²) in [5, 5.41) is 5.66. The molecule has 1 aromatic rings. The molecule has 1 heterocycles. The van der Waals surface area contributed by atoms with E-state index in [1.54, 1.807) is 0 Å². The molecule has 3 nitrogen and oxygen atoms in total. The highest BCUT2D eigenvalue weighted by Gasteiger charge is 2.03. The van der Waals surface area contributed by atoms with Crippen molar-refractivity contribution in [2.45, 2.75) is 6.61 Å². The summed E-state index contributed by atoms with van der Waals surface area (Å²) < 4.78 is 26.5. The van der Waals surface area contributed by atoms with Crippen LogP contribution in [-0.2, 0) is 0 Å². The molecule has 0 fully saturated rings. The summed E-state index contributed by atoms with van der Waals surface area (Å²) in [6.45, 7) is -2.80. The number of aromatic nitrogens is 2. The second-order valence-electron chi connectivity index (χ2n) is 1.29. The van der Waals surface area contributed by atoms with E-state index in [4.69, 9.17) is 0 Å².